The van der Waals surface area contributed by atoms with E-state index in [4.69, 9.17) is 0 Å². The first kappa shape index (κ1) is 6.75. The van der Waals surface area contributed by atoms with Crippen LogP contribution in [0.5, 0.6) is 0 Å². The quantitative estimate of drug-likeness (QED) is 0.464. The smallest absolute Gasteiger partial charge is 0.199 e. The Morgan fingerprint density at radius 2 is 1.67 bits per heavy atom. The minimum Gasteiger partial charge on any atom is -0.322 e. The van der Waals surface area contributed by atoms with Crippen molar-refractivity contribution in [3.63, 3.8) is 0 Å². The van der Waals surface area contributed by atoms with Crippen molar-refractivity contribution in [2.24, 2.45) is 5.92 Å². The number of likely N-dealkylation sites (N-methyl/N-ethyl adjacent to an activating group) is 1. The Hall–Kier alpha value is -0.370. The van der Waals surface area contributed by atoms with Gasteiger partial charge in [0.05, 0.1) is 27.1 Å². The topological polar surface area (TPSA) is 17.1 Å². The van der Waals surface area contributed by atoms with Gasteiger partial charge in [-0.3, -0.25) is 4.79 Å². The first-order chi connectivity index (χ1) is 3.94. The number of hydrogen-bond acceptors (Lipinski definition) is 1. The van der Waals surface area contributed by atoms with Crippen molar-refractivity contribution < 1.29 is 9.28 Å². The van der Waals surface area contributed by atoms with Crippen LogP contribution in [0.2, 0.25) is 0 Å². The maximum atomic E-state index is 10.8. The normalized spacial score (nSPS) is 34.9. The lowest BCUT2D eigenvalue weighted by atomic mass is 10.4. The molecule has 0 spiro atoms. The van der Waals surface area contributed by atoms with E-state index in [-0.39, 0.29) is 6.04 Å². The van der Waals surface area contributed by atoms with Gasteiger partial charge in [0.2, 0.25) is 0 Å². The highest BCUT2D eigenvalue weighted by Gasteiger charge is 2.55. The summed E-state index contributed by atoms with van der Waals surface area (Å²) in [5.74, 6) is 0.729. The van der Waals surface area contributed by atoms with Crippen molar-refractivity contribution in [1.29, 1.82) is 0 Å². The summed E-state index contributed by atoms with van der Waals surface area (Å²) in [6.45, 7) is 2.00. The van der Waals surface area contributed by atoms with E-state index in [9.17, 15) is 4.79 Å². The molecule has 0 aromatic heterocycles. The van der Waals surface area contributed by atoms with Crippen LogP contribution < -0.4 is 0 Å². The summed E-state index contributed by atoms with van der Waals surface area (Å²) in [4.78, 5) is 10.8. The molecular formula is C7H14NO+. The van der Waals surface area contributed by atoms with Gasteiger partial charge in [-0.1, -0.05) is 0 Å². The van der Waals surface area contributed by atoms with Crippen molar-refractivity contribution in [3.8, 4) is 0 Å². The Morgan fingerprint density at radius 3 is 1.67 bits per heavy atom. The Bertz CT molecular complexity index is 145. The molecule has 0 N–H and O–H groups in total. The number of Topliss-reactive ketones (excluding diaryl/α,β-unsaturated/α-hetero) is 1. The number of rotatable bonds is 1. The summed E-state index contributed by atoms with van der Waals surface area (Å²) in [5.41, 5.74) is 0. The lowest BCUT2D eigenvalue weighted by Crippen LogP contribution is -2.38. The molecule has 2 atom stereocenters. The van der Waals surface area contributed by atoms with Crippen LogP contribution in [0.4, 0.5) is 0 Å². The van der Waals surface area contributed by atoms with Gasteiger partial charge in [-0.05, 0) is 6.92 Å². The number of carbonyl (C=O) groups excluding carboxylic acids is 1. The molecular weight excluding hydrogens is 114 g/mol. The summed E-state index contributed by atoms with van der Waals surface area (Å²) >= 11 is 0. The standard InChI is InChI=1S/C7H14NO/c1-5-6(7(5)9)8(2,3)4/h5-6H,1-4H3/q+1/t5?,6-/m1/s1. The number of carbonyl (C=O) groups is 1. The Morgan fingerprint density at radius 1 is 1.33 bits per heavy atom. The zero-order chi connectivity index (χ0) is 7.23. The van der Waals surface area contributed by atoms with Gasteiger partial charge >= 0.3 is 0 Å². The highest BCUT2D eigenvalue weighted by molar-refractivity contribution is 6.01. The minimum atomic E-state index is 0.282. The van der Waals surface area contributed by atoms with Crippen LogP contribution in [0.1, 0.15) is 6.92 Å². The molecule has 1 rings (SSSR count). The van der Waals surface area contributed by atoms with Gasteiger partial charge in [0.15, 0.2) is 11.8 Å². The fraction of sp³-hybridized carbons (Fsp3) is 0.857. The van der Waals surface area contributed by atoms with E-state index in [1.807, 2.05) is 6.92 Å². The SMILES string of the molecule is CC1C(=O)[C@@H]1[N+](C)(C)C. The molecule has 0 radical (unpaired) electrons. The van der Waals surface area contributed by atoms with Crippen LogP contribution >= 0.6 is 0 Å². The van der Waals surface area contributed by atoms with Crippen LogP contribution in [0.25, 0.3) is 0 Å². The van der Waals surface area contributed by atoms with E-state index in [2.05, 4.69) is 21.1 Å². The molecule has 2 heteroatoms. The Balaban J connectivity index is 2.60. The molecule has 2 nitrogen and oxygen atoms in total. The summed E-state index contributed by atoms with van der Waals surface area (Å²) in [5, 5.41) is 0. The average Bonchev–Trinajstić information content (AvgIpc) is 2.11. The van der Waals surface area contributed by atoms with Crippen molar-refractivity contribution in [2.75, 3.05) is 21.1 Å². The van der Waals surface area contributed by atoms with Crippen LogP contribution in [0.3, 0.4) is 0 Å². The lowest BCUT2D eigenvalue weighted by molar-refractivity contribution is -0.878. The molecule has 1 saturated carbocycles. The van der Waals surface area contributed by atoms with E-state index in [1.54, 1.807) is 0 Å². The fourth-order valence-electron chi connectivity index (χ4n) is 1.40. The summed E-state index contributed by atoms with van der Waals surface area (Å²) < 4.78 is 0.792. The minimum absolute atomic E-state index is 0.282. The van der Waals surface area contributed by atoms with E-state index in [0.29, 0.717) is 11.7 Å². The molecule has 1 aliphatic rings. The van der Waals surface area contributed by atoms with E-state index in [1.165, 1.54) is 0 Å². The molecule has 0 bridgehead atoms. The van der Waals surface area contributed by atoms with Gasteiger partial charge in [-0.15, -0.1) is 0 Å². The van der Waals surface area contributed by atoms with Gasteiger partial charge in [-0.2, -0.15) is 0 Å². The maximum Gasteiger partial charge on any atom is 0.199 e. The van der Waals surface area contributed by atoms with E-state index < -0.39 is 0 Å². The molecule has 1 fully saturated rings. The van der Waals surface area contributed by atoms with Gasteiger partial charge in [0.25, 0.3) is 0 Å². The van der Waals surface area contributed by atoms with E-state index >= 15 is 0 Å². The largest absolute Gasteiger partial charge is 0.322 e. The van der Waals surface area contributed by atoms with Crippen LogP contribution in [0, 0.1) is 5.92 Å². The number of hydrogen-bond donors (Lipinski definition) is 0. The van der Waals surface area contributed by atoms with E-state index in [0.717, 1.165) is 4.48 Å². The third kappa shape index (κ3) is 0.990. The van der Waals surface area contributed by atoms with Crippen molar-refractivity contribution >= 4 is 5.78 Å². The fourth-order valence-corrected chi connectivity index (χ4v) is 1.40. The number of nitrogens with zero attached hydrogens (tertiary/aromatic N) is 1. The molecule has 0 aromatic carbocycles. The van der Waals surface area contributed by atoms with Crippen molar-refractivity contribution in [1.82, 2.24) is 0 Å². The second-order valence-electron chi connectivity index (χ2n) is 3.75. The third-order valence-electron chi connectivity index (χ3n) is 1.94. The molecule has 0 saturated heterocycles. The van der Waals surface area contributed by atoms with Gasteiger partial charge in [-0.25, -0.2) is 0 Å². The molecule has 0 amide bonds. The first-order valence-electron chi connectivity index (χ1n) is 3.29. The summed E-state index contributed by atoms with van der Waals surface area (Å²) in [6.07, 6.45) is 0. The molecule has 0 aromatic rings. The molecule has 0 heterocycles. The summed E-state index contributed by atoms with van der Waals surface area (Å²) in [7, 11) is 6.18. The van der Waals surface area contributed by atoms with Crippen LogP contribution in [-0.4, -0.2) is 37.5 Å². The molecule has 0 aliphatic heterocycles. The zero-order valence-electron chi connectivity index (χ0n) is 6.51. The Kier molecular flexibility index (Phi) is 1.17. The predicted molar refractivity (Wildman–Crippen MR) is 36.0 cm³/mol. The maximum absolute atomic E-state index is 10.8. The molecule has 1 unspecified atom stereocenters. The van der Waals surface area contributed by atoms with Crippen LogP contribution in [0.15, 0.2) is 0 Å². The zero-order valence-corrected chi connectivity index (χ0v) is 6.51. The average molecular weight is 128 g/mol. The molecule has 52 valence electrons. The molecule has 1 aliphatic carbocycles. The second kappa shape index (κ2) is 1.57. The predicted octanol–water partition coefficient (Wildman–Crippen LogP) is 0.280. The van der Waals surface area contributed by atoms with Gasteiger partial charge in [0, 0.05) is 0 Å². The Labute approximate surface area is 56.1 Å². The highest BCUT2D eigenvalue weighted by Crippen LogP contribution is 2.31. The van der Waals surface area contributed by atoms with Crippen LogP contribution in [-0.2, 0) is 4.79 Å². The summed E-state index contributed by atoms with van der Waals surface area (Å²) in [6, 6.07) is 0.282. The number of ketones is 1. The second-order valence-corrected chi connectivity index (χ2v) is 3.75. The van der Waals surface area contributed by atoms with Crippen molar-refractivity contribution in [2.45, 2.75) is 13.0 Å². The highest BCUT2D eigenvalue weighted by atomic mass is 16.1. The van der Waals surface area contributed by atoms with Gasteiger partial charge < -0.3 is 4.48 Å². The first-order valence-corrected chi connectivity index (χ1v) is 3.29. The lowest BCUT2D eigenvalue weighted by Gasteiger charge is -2.22. The number of quaternary nitrogens is 1. The molecule has 9 heavy (non-hydrogen) atoms. The monoisotopic (exact) mass is 128 g/mol. The van der Waals surface area contributed by atoms with Crippen molar-refractivity contribution in [3.05, 3.63) is 0 Å². The third-order valence-corrected chi connectivity index (χ3v) is 1.94. The van der Waals surface area contributed by atoms with Gasteiger partial charge in [0.1, 0.15) is 0 Å².